The van der Waals surface area contributed by atoms with Gasteiger partial charge < -0.3 is 19.0 Å². The number of aromatic nitrogens is 1. The van der Waals surface area contributed by atoms with Crippen LogP contribution >= 0.6 is 11.6 Å². The summed E-state index contributed by atoms with van der Waals surface area (Å²) in [5, 5.41) is 19.3. The van der Waals surface area contributed by atoms with Crippen molar-refractivity contribution in [1.82, 2.24) is 4.98 Å². The molecule has 0 fully saturated rings. The van der Waals surface area contributed by atoms with Crippen LogP contribution in [0.4, 0.5) is 0 Å². The highest BCUT2D eigenvalue weighted by Gasteiger charge is 2.25. The van der Waals surface area contributed by atoms with Crippen LogP contribution in [0.15, 0.2) is 71.5 Å². The minimum absolute atomic E-state index is 0.0815. The number of oxazole rings is 1. The normalized spacial score (nSPS) is 11.6. The van der Waals surface area contributed by atoms with Gasteiger partial charge >= 0.3 is 5.97 Å². The molecule has 0 saturated heterocycles. The molecule has 0 radical (unpaired) electrons. The number of aliphatic carboxylic acids is 1. The number of hydrogen-bond donors (Lipinski definition) is 1. The van der Waals surface area contributed by atoms with E-state index in [0.717, 1.165) is 11.1 Å². The Morgan fingerprint density at radius 1 is 1.19 bits per heavy atom. The molecule has 0 aliphatic carbocycles. The van der Waals surface area contributed by atoms with Gasteiger partial charge in [-0.3, -0.25) is 0 Å². The van der Waals surface area contributed by atoms with E-state index in [4.69, 9.17) is 25.5 Å². The lowest BCUT2D eigenvalue weighted by Gasteiger charge is -2.18. The van der Waals surface area contributed by atoms with Crippen molar-refractivity contribution in [3.05, 3.63) is 88.8 Å². The van der Waals surface area contributed by atoms with Crippen molar-refractivity contribution in [2.24, 2.45) is 0 Å². The largest absolute Gasteiger partial charge is 0.489 e. The first kappa shape index (κ1) is 20.3. The summed E-state index contributed by atoms with van der Waals surface area (Å²) in [6, 6.07) is 18.6. The molecule has 0 spiro atoms. The van der Waals surface area contributed by atoms with Gasteiger partial charge in [-0.2, -0.15) is 5.26 Å². The molecular formula is C23H15ClN2O5. The van der Waals surface area contributed by atoms with Crippen LogP contribution in [0.3, 0.4) is 0 Å². The summed E-state index contributed by atoms with van der Waals surface area (Å²) in [5.41, 5.74) is 2.71. The van der Waals surface area contributed by atoms with Gasteiger partial charge in [-0.1, -0.05) is 35.9 Å². The molecule has 0 bridgehead atoms. The van der Waals surface area contributed by atoms with Crippen LogP contribution in [-0.4, -0.2) is 16.1 Å². The summed E-state index contributed by atoms with van der Waals surface area (Å²) in [5.74, 6) is -0.739. The fourth-order valence-electron chi connectivity index (χ4n) is 3.00. The number of carboxylic acid groups (broad SMARTS) is 1. The zero-order valence-electron chi connectivity index (χ0n) is 16.0. The summed E-state index contributed by atoms with van der Waals surface area (Å²) in [7, 11) is 0. The Hall–Kier alpha value is -4.02. The monoisotopic (exact) mass is 434 g/mol. The highest BCUT2D eigenvalue weighted by atomic mass is 35.5. The minimum atomic E-state index is -1.38. The third-order valence-corrected chi connectivity index (χ3v) is 4.88. The van der Waals surface area contributed by atoms with Crippen molar-refractivity contribution >= 4 is 28.7 Å². The Bertz CT molecular complexity index is 1290. The molecule has 3 aromatic carbocycles. The van der Waals surface area contributed by atoms with Crippen LogP contribution in [-0.2, 0) is 11.4 Å². The van der Waals surface area contributed by atoms with Gasteiger partial charge in [0.15, 0.2) is 12.0 Å². The number of halogens is 1. The zero-order valence-corrected chi connectivity index (χ0v) is 16.7. The number of nitriles is 1. The number of hydrogen-bond acceptors (Lipinski definition) is 6. The molecule has 1 N–H and O–H groups in total. The van der Waals surface area contributed by atoms with E-state index in [2.05, 4.69) is 4.98 Å². The van der Waals surface area contributed by atoms with Crippen LogP contribution < -0.4 is 9.47 Å². The summed E-state index contributed by atoms with van der Waals surface area (Å²) in [6.45, 7) is 0.231. The predicted molar refractivity (Wildman–Crippen MR) is 112 cm³/mol. The molecule has 7 nitrogen and oxygen atoms in total. The number of fused-ring (bicyclic) bond motifs is 1. The average molecular weight is 435 g/mol. The average Bonchev–Trinajstić information content (AvgIpc) is 3.24. The van der Waals surface area contributed by atoms with Crippen LogP contribution in [0.1, 0.15) is 22.8 Å². The Morgan fingerprint density at radius 3 is 2.81 bits per heavy atom. The van der Waals surface area contributed by atoms with Gasteiger partial charge in [-0.25, -0.2) is 9.78 Å². The van der Waals surface area contributed by atoms with Crippen LogP contribution in [0.25, 0.3) is 11.1 Å². The summed E-state index contributed by atoms with van der Waals surface area (Å²) in [6.07, 6.45) is -0.0119. The van der Waals surface area contributed by atoms with Gasteiger partial charge in [0.25, 0.3) is 0 Å². The molecule has 0 saturated carbocycles. The van der Waals surface area contributed by atoms with Gasteiger partial charge in [0, 0.05) is 16.7 Å². The lowest BCUT2D eigenvalue weighted by molar-refractivity contribution is -0.145. The molecule has 31 heavy (non-hydrogen) atoms. The van der Waals surface area contributed by atoms with Gasteiger partial charge in [-0.15, -0.1) is 0 Å². The van der Waals surface area contributed by atoms with E-state index in [1.54, 1.807) is 30.3 Å². The molecule has 0 unspecified atom stereocenters. The predicted octanol–water partition coefficient (Wildman–Crippen LogP) is 5.14. The van der Waals surface area contributed by atoms with Crippen molar-refractivity contribution in [2.45, 2.75) is 12.7 Å². The van der Waals surface area contributed by atoms with Gasteiger partial charge in [-0.05, 0) is 35.9 Å². The van der Waals surface area contributed by atoms with E-state index >= 15 is 0 Å². The molecule has 1 heterocycles. The Morgan fingerprint density at radius 2 is 2.03 bits per heavy atom. The number of ether oxygens (including phenoxy) is 2. The SMILES string of the molecule is N#Cc1ccc(OCc2ccc3ncoc3c2)cc1O[C@H](C(=O)O)c1ccccc1Cl. The smallest absolute Gasteiger partial charge is 0.349 e. The first-order valence-electron chi connectivity index (χ1n) is 9.18. The number of carbonyl (C=O) groups is 1. The number of rotatable bonds is 7. The maximum atomic E-state index is 11.8. The third kappa shape index (κ3) is 4.44. The minimum Gasteiger partial charge on any atom is -0.489 e. The van der Waals surface area contributed by atoms with Crippen molar-refractivity contribution in [3.8, 4) is 17.6 Å². The fourth-order valence-corrected chi connectivity index (χ4v) is 3.23. The van der Waals surface area contributed by atoms with Crippen molar-refractivity contribution in [2.75, 3.05) is 0 Å². The highest BCUT2D eigenvalue weighted by Crippen LogP contribution is 2.32. The van der Waals surface area contributed by atoms with Gasteiger partial charge in [0.05, 0.1) is 5.56 Å². The maximum absolute atomic E-state index is 11.8. The van der Waals surface area contributed by atoms with Crippen molar-refractivity contribution in [3.63, 3.8) is 0 Å². The summed E-state index contributed by atoms with van der Waals surface area (Å²) in [4.78, 5) is 15.9. The molecule has 0 aliphatic heterocycles. The van der Waals surface area contributed by atoms with E-state index in [-0.39, 0.29) is 28.5 Å². The van der Waals surface area contributed by atoms with Gasteiger partial charge in [0.2, 0.25) is 6.10 Å². The summed E-state index contributed by atoms with van der Waals surface area (Å²) < 4.78 is 16.8. The number of carboxylic acids is 1. The molecule has 4 rings (SSSR count). The molecule has 1 atom stereocenters. The topological polar surface area (TPSA) is 106 Å². The molecule has 1 aromatic heterocycles. The molecule has 154 valence electrons. The van der Waals surface area contributed by atoms with Gasteiger partial charge in [0.1, 0.15) is 29.7 Å². The molecule has 0 aliphatic rings. The third-order valence-electron chi connectivity index (χ3n) is 4.53. The quantitative estimate of drug-likeness (QED) is 0.429. The molecule has 0 amide bonds. The fraction of sp³-hybridized carbons (Fsp3) is 0.0870. The summed E-state index contributed by atoms with van der Waals surface area (Å²) >= 11 is 6.14. The van der Waals surface area contributed by atoms with Crippen molar-refractivity contribution in [1.29, 1.82) is 5.26 Å². The van der Waals surface area contributed by atoms with E-state index in [9.17, 15) is 15.2 Å². The number of nitrogens with zero attached hydrogens (tertiary/aromatic N) is 2. The molecule has 8 heteroatoms. The first-order chi connectivity index (χ1) is 15.0. The second-order valence-electron chi connectivity index (χ2n) is 6.57. The van der Waals surface area contributed by atoms with Crippen molar-refractivity contribution < 1.29 is 23.8 Å². The first-order valence-corrected chi connectivity index (χ1v) is 9.56. The van der Waals surface area contributed by atoms with E-state index in [0.29, 0.717) is 11.3 Å². The standard InChI is InChI=1S/C23H15ClN2O5/c24-18-4-2-1-3-17(18)22(23(27)28)31-20-10-16(7-6-15(20)11-25)29-12-14-5-8-19-21(9-14)30-13-26-19/h1-10,13,22H,12H2,(H,27,28)/t22-/m0/s1. The number of benzene rings is 3. The van der Waals surface area contributed by atoms with E-state index in [1.165, 1.54) is 18.5 Å². The Balaban J connectivity index is 1.57. The maximum Gasteiger partial charge on any atom is 0.349 e. The second-order valence-corrected chi connectivity index (χ2v) is 6.98. The molecular weight excluding hydrogens is 420 g/mol. The highest BCUT2D eigenvalue weighted by molar-refractivity contribution is 6.31. The lowest BCUT2D eigenvalue weighted by Crippen LogP contribution is -2.19. The van der Waals surface area contributed by atoms with E-state index in [1.807, 2.05) is 24.3 Å². The Kier molecular flexibility index (Phi) is 5.74. The zero-order chi connectivity index (χ0) is 21.8. The van der Waals surface area contributed by atoms with Crippen LogP contribution in [0.5, 0.6) is 11.5 Å². The molecule has 4 aromatic rings. The second kappa shape index (κ2) is 8.78. The van der Waals surface area contributed by atoms with Crippen LogP contribution in [0.2, 0.25) is 5.02 Å². The van der Waals surface area contributed by atoms with E-state index < -0.39 is 12.1 Å². The van der Waals surface area contributed by atoms with Crippen LogP contribution in [0, 0.1) is 11.3 Å². The Labute approximate surface area is 182 Å². The lowest BCUT2D eigenvalue weighted by atomic mass is 10.1.